The van der Waals surface area contributed by atoms with Gasteiger partial charge in [0.25, 0.3) is 0 Å². The van der Waals surface area contributed by atoms with Gasteiger partial charge in [-0.3, -0.25) is 0 Å². The van der Waals surface area contributed by atoms with Crippen LogP contribution in [-0.4, -0.2) is 24.8 Å². The van der Waals surface area contributed by atoms with Gasteiger partial charge in [0.2, 0.25) is 0 Å². The highest BCUT2D eigenvalue weighted by Gasteiger charge is 1.93. The second-order valence-corrected chi connectivity index (χ2v) is 2.46. The van der Waals surface area contributed by atoms with Gasteiger partial charge in [-0.1, -0.05) is 0 Å². The Morgan fingerprint density at radius 2 is 2.23 bits per heavy atom. The summed E-state index contributed by atoms with van der Waals surface area (Å²) in [6, 6.07) is 3.49. The molecule has 0 aromatic carbocycles. The number of nitrogens with zero attached hydrogens (tertiary/aromatic N) is 1. The van der Waals surface area contributed by atoms with E-state index in [-0.39, 0.29) is 0 Å². The molecule has 13 heavy (non-hydrogen) atoms. The number of nitrogen functional groups attached to an aromatic ring is 1. The summed E-state index contributed by atoms with van der Waals surface area (Å²) in [5, 5.41) is 0. The molecule has 0 unspecified atom stereocenters. The minimum atomic E-state index is 0.497. The first-order valence-corrected chi connectivity index (χ1v) is 4.25. The van der Waals surface area contributed by atoms with Gasteiger partial charge in [-0.2, -0.15) is 0 Å². The number of ether oxygens (including phenoxy) is 2. The zero-order valence-corrected chi connectivity index (χ0v) is 7.69. The van der Waals surface area contributed by atoms with Gasteiger partial charge in [-0.05, 0) is 19.1 Å². The molecule has 0 amide bonds. The summed E-state index contributed by atoms with van der Waals surface area (Å²) in [4.78, 5) is 3.89. The molecule has 0 aliphatic carbocycles. The van der Waals surface area contributed by atoms with Crippen LogP contribution in [-0.2, 0) is 4.74 Å². The molecule has 0 radical (unpaired) electrons. The molecule has 1 aromatic heterocycles. The fourth-order valence-corrected chi connectivity index (χ4v) is 0.840. The maximum atomic E-state index is 5.41. The molecule has 0 atom stereocenters. The molecule has 2 N–H and O–H groups in total. The van der Waals surface area contributed by atoms with Crippen LogP contribution >= 0.6 is 0 Å². The molecule has 0 fully saturated rings. The van der Waals surface area contributed by atoms with Crippen LogP contribution in [0.15, 0.2) is 18.3 Å². The molecular weight excluding hydrogens is 168 g/mol. The third kappa shape index (κ3) is 3.75. The van der Waals surface area contributed by atoms with E-state index in [9.17, 15) is 0 Å². The lowest BCUT2D eigenvalue weighted by atomic mass is 10.4. The number of hydrogen-bond acceptors (Lipinski definition) is 4. The summed E-state index contributed by atoms with van der Waals surface area (Å²) in [5.74, 6) is 1.21. The Labute approximate surface area is 77.7 Å². The lowest BCUT2D eigenvalue weighted by Gasteiger charge is -2.05. The number of rotatable bonds is 5. The number of hydrogen-bond donors (Lipinski definition) is 1. The molecule has 72 valence electrons. The van der Waals surface area contributed by atoms with E-state index in [1.807, 2.05) is 6.92 Å². The maximum absolute atomic E-state index is 5.41. The highest BCUT2D eigenvalue weighted by Crippen LogP contribution is 2.09. The van der Waals surface area contributed by atoms with Crippen molar-refractivity contribution in [3.63, 3.8) is 0 Å². The number of aromatic nitrogens is 1. The second kappa shape index (κ2) is 5.37. The van der Waals surface area contributed by atoms with Crippen molar-refractivity contribution in [2.24, 2.45) is 0 Å². The van der Waals surface area contributed by atoms with E-state index in [4.69, 9.17) is 15.2 Å². The predicted molar refractivity (Wildman–Crippen MR) is 50.6 cm³/mol. The van der Waals surface area contributed by atoms with Crippen molar-refractivity contribution in [3.05, 3.63) is 18.3 Å². The van der Waals surface area contributed by atoms with Gasteiger partial charge in [-0.25, -0.2) is 4.98 Å². The van der Waals surface area contributed by atoms with E-state index in [1.54, 1.807) is 18.3 Å². The molecule has 1 rings (SSSR count). The van der Waals surface area contributed by atoms with Gasteiger partial charge in [0.15, 0.2) is 0 Å². The van der Waals surface area contributed by atoms with Crippen LogP contribution in [0.1, 0.15) is 6.92 Å². The first-order valence-electron chi connectivity index (χ1n) is 4.25. The standard InChI is InChI=1S/C9H14N2O2/c1-2-12-5-6-13-8-3-4-9(10)11-7-8/h3-4,7H,2,5-6H2,1H3,(H2,10,11). The summed E-state index contributed by atoms with van der Waals surface area (Å²) in [6.45, 7) is 3.80. The molecule has 1 heterocycles. The van der Waals surface area contributed by atoms with E-state index >= 15 is 0 Å². The van der Waals surface area contributed by atoms with Crippen molar-refractivity contribution in [2.45, 2.75) is 6.92 Å². The lowest BCUT2D eigenvalue weighted by Crippen LogP contribution is -2.06. The van der Waals surface area contributed by atoms with Gasteiger partial charge in [0.1, 0.15) is 18.2 Å². The molecule has 4 heteroatoms. The Bertz CT molecular complexity index is 236. The first kappa shape index (κ1) is 9.80. The molecule has 0 aliphatic heterocycles. The Morgan fingerprint density at radius 1 is 1.38 bits per heavy atom. The second-order valence-electron chi connectivity index (χ2n) is 2.46. The number of pyridine rings is 1. The van der Waals surface area contributed by atoms with Crippen molar-refractivity contribution >= 4 is 5.82 Å². The topological polar surface area (TPSA) is 57.4 Å². The Kier molecular flexibility index (Phi) is 4.05. The van der Waals surface area contributed by atoms with Crippen LogP contribution in [0.3, 0.4) is 0 Å². The third-order valence-electron chi connectivity index (χ3n) is 1.46. The highest BCUT2D eigenvalue weighted by molar-refractivity contribution is 5.31. The fourth-order valence-electron chi connectivity index (χ4n) is 0.840. The van der Waals surface area contributed by atoms with Crippen LogP contribution in [0.4, 0.5) is 5.82 Å². The van der Waals surface area contributed by atoms with Gasteiger partial charge >= 0.3 is 0 Å². The normalized spacial score (nSPS) is 9.92. The van der Waals surface area contributed by atoms with Crippen molar-refractivity contribution < 1.29 is 9.47 Å². The molecule has 0 aliphatic rings. The van der Waals surface area contributed by atoms with E-state index < -0.39 is 0 Å². The van der Waals surface area contributed by atoms with Crippen LogP contribution < -0.4 is 10.5 Å². The largest absolute Gasteiger partial charge is 0.490 e. The smallest absolute Gasteiger partial charge is 0.137 e. The SMILES string of the molecule is CCOCCOc1ccc(N)nc1. The van der Waals surface area contributed by atoms with Crippen molar-refractivity contribution in [1.29, 1.82) is 0 Å². The Balaban J connectivity index is 2.25. The van der Waals surface area contributed by atoms with Crippen LogP contribution in [0, 0.1) is 0 Å². The minimum Gasteiger partial charge on any atom is -0.490 e. The number of nitrogens with two attached hydrogens (primary N) is 1. The van der Waals surface area contributed by atoms with Gasteiger partial charge < -0.3 is 15.2 Å². The van der Waals surface area contributed by atoms with Crippen LogP contribution in [0.25, 0.3) is 0 Å². The van der Waals surface area contributed by atoms with Crippen molar-refractivity contribution in [1.82, 2.24) is 4.98 Å². The fraction of sp³-hybridized carbons (Fsp3) is 0.444. The third-order valence-corrected chi connectivity index (χ3v) is 1.46. The molecule has 0 bridgehead atoms. The molecule has 0 spiro atoms. The minimum absolute atomic E-state index is 0.497. The summed E-state index contributed by atoms with van der Waals surface area (Å²) < 4.78 is 10.4. The quantitative estimate of drug-likeness (QED) is 0.692. The summed E-state index contributed by atoms with van der Waals surface area (Å²) >= 11 is 0. The lowest BCUT2D eigenvalue weighted by molar-refractivity contribution is 0.110. The summed E-state index contributed by atoms with van der Waals surface area (Å²) in [5.41, 5.74) is 5.41. The molecule has 0 saturated heterocycles. The van der Waals surface area contributed by atoms with E-state index in [0.29, 0.717) is 31.4 Å². The van der Waals surface area contributed by atoms with Gasteiger partial charge in [0.05, 0.1) is 12.8 Å². The summed E-state index contributed by atoms with van der Waals surface area (Å²) in [6.07, 6.45) is 1.60. The molecule has 1 aromatic rings. The Morgan fingerprint density at radius 3 is 2.85 bits per heavy atom. The van der Waals surface area contributed by atoms with Gasteiger partial charge in [-0.15, -0.1) is 0 Å². The zero-order valence-electron chi connectivity index (χ0n) is 7.69. The monoisotopic (exact) mass is 182 g/mol. The average Bonchev–Trinajstić information content (AvgIpc) is 2.15. The van der Waals surface area contributed by atoms with Crippen molar-refractivity contribution in [2.75, 3.05) is 25.6 Å². The molecular formula is C9H14N2O2. The highest BCUT2D eigenvalue weighted by atomic mass is 16.5. The maximum Gasteiger partial charge on any atom is 0.137 e. The zero-order chi connectivity index (χ0) is 9.52. The van der Waals surface area contributed by atoms with E-state index in [2.05, 4.69) is 4.98 Å². The summed E-state index contributed by atoms with van der Waals surface area (Å²) in [7, 11) is 0. The van der Waals surface area contributed by atoms with Crippen LogP contribution in [0.2, 0.25) is 0 Å². The predicted octanol–water partition coefficient (Wildman–Crippen LogP) is 1.08. The van der Waals surface area contributed by atoms with Gasteiger partial charge in [0, 0.05) is 6.61 Å². The average molecular weight is 182 g/mol. The van der Waals surface area contributed by atoms with E-state index in [1.165, 1.54) is 0 Å². The molecule has 4 nitrogen and oxygen atoms in total. The molecule has 0 saturated carbocycles. The van der Waals surface area contributed by atoms with Crippen LogP contribution in [0.5, 0.6) is 5.75 Å². The first-order chi connectivity index (χ1) is 6.33. The Hall–Kier alpha value is -1.29. The van der Waals surface area contributed by atoms with Crippen molar-refractivity contribution in [3.8, 4) is 5.75 Å². The number of anilines is 1. The van der Waals surface area contributed by atoms with E-state index in [0.717, 1.165) is 0 Å².